The zero-order valence-electron chi connectivity index (χ0n) is 9.59. The van der Waals surface area contributed by atoms with Crippen molar-refractivity contribution in [2.24, 2.45) is 0 Å². The van der Waals surface area contributed by atoms with Crippen LogP contribution in [-0.4, -0.2) is 20.2 Å². The van der Waals surface area contributed by atoms with E-state index in [1.165, 1.54) is 18.3 Å². The van der Waals surface area contributed by atoms with E-state index in [1.54, 1.807) is 0 Å². The Hall–Kier alpha value is -1.22. The summed E-state index contributed by atoms with van der Waals surface area (Å²) in [5.41, 5.74) is 0.195. The van der Waals surface area contributed by atoms with Gasteiger partial charge in [-0.3, -0.25) is 4.72 Å². The molecule has 10 heteroatoms. The summed E-state index contributed by atoms with van der Waals surface area (Å²) >= 11 is 12.5. The van der Waals surface area contributed by atoms with Crippen molar-refractivity contribution in [1.29, 1.82) is 0 Å². The lowest BCUT2D eigenvalue weighted by Crippen LogP contribution is -2.11. The van der Waals surface area contributed by atoms with E-state index in [1.807, 2.05) is 0 Å². The van der Waals surface area contributed by atoms with Gasteiger partial charge in [0.25, 0.3) is 10.0 Å². The molecule has 0 amide bonds. The lowest BCUT2D eigenvalue weighted by molar-refractivity contribution is 0.174. The maximum Gasteiger partial charge on any atom is 0.273 e. The standard InChI is InChI=1S/C10H6Cl2N2O4S2/c11-5-1-7-8(18-4-17-7)2-6(5)14-20(15,16)9-3-13-10(12)19-9/h1-3,14H,4H2. The largest absolute Gasteiger partial charge is 0.454 e. The minimum Gasteiger partial charge on any atom is -0.454 e. The number of anilines is 1. The Labute approximate surface area is 128 Å². The first-order valence-corrected chi connectivity index (χ1v) is 8.24. The quantitative estimate of drug-likeness (QED) is 0.918. The topological polar surface area (TPSA) is 77.5 Å². The van der Waals surface area contributed by atoms with E-state index in [4.69, 9.17) is 32.7 Å². The summed E-state index contributed by atoms with van der Waals surface area (Å²) in [7, 11) is -3.79. The highest BCUT2D eigenvalue weighted by Gasteiger charge is 2.22. The lowest BCUT2D eigenvalue weighted by Gasteiger charge is -2.08. The molecule has 0 atom stereocenters. The van der Waals surface area contributed by atoms with E-state index >= 15 is 0 Å². The smallest absolute Gasteiger partial charge is 0.273 e. The molecule has 20 heavy (non-hydrogen) atoms. The molecular weight excluding hydrogens is 347 g/mol. The third kappa shape index (κ3) is 2.51. The number of nitrogens with zero attached hydrogens (tertiary/aromatic N) is 1. The predicted octanol–water partition coefficient (Wildman–Crippen LogP) is 2.98. The van der Waals surface area contributed by atoms with E-state index < -0.39 is 10.0 Å². The van der Waals surface area contributed by atoms with Gasteiger partial charge in [0, 0.05) is 12.1 Å². The molecule has 0 radical (unpaired) electrons. The van der Waals surface area contributed by atoms with Crippen molar-refractivity contribution in [1.82, 2.24) is 4.98 Å². The molecule has 0 unspecified atom stereocenters. The number of ether oxygens (including phenoxy) is 2. The molecular formula is C10H6Cl2N2O4S2. The summed E-state index contributed by atoms with van der Waals surface area (Å²) in [4.78, 5) is 3.69. The van der Waals surface area contributed by atoms with Gasteiger partial charge in [-0.05, 0) is 0 Å². The Morgan fingerprint density at radius 1 is 1.25 bits per heavy atom. The van der Waals surface area contributed by atoms with Crippen molar-refractivity contribution < 1.29 is 17.9 Å². The summed E-state index contributed by atoms with van der Waals surface area (Å²) in [6, 6.07) is 2.95. The third-order valence-electron chi connectivity index (χ3n) is 2.43. The van der Waals surface area contributed by atoms with Crippen molar-refractivity contribution in [2.45, 2.75) is 4.21 Å². The van der Waals surface area contributed by atoms with E-state index in [0.717, 1.165) is 11.3 Å². The van der Waals surface area contributed by atoms with Gasteiger partial charge in [0.05, 0.1) is 16.9 Å². The Kier molecular flexibility index (Phi) is 3.41. The Balaban J connectivity index is 1.95. The monoisotopic (exact) mass is 352 g/mol. The van der Waals surface area contributed by atoms with Crippen LogP contribution in [-0.2, 0) is 10.0 Å². The Bertz CT molecular complexity index is 776. The van der Waals surface area contributed by atoms with Gasteiger partial charge in [0.15, 0.2) is 20.2 Å². The number of benzene rings is 1. The molecule has 0 fully saturated rings. The van der Waals surface area contributed by atoms with Crippen molar-refractivity contribution in [3.8, 4) is 11.5 Å². The molecule has 0 saturated carbocycles. The van der Waals surface area contributed by atoms with Crippen LogP contribution in [0.5, 0.6) is 11.5 Å². The van der Waals surface area contributed by atoms with Crippen molar-refractivity contribution in [3.63, 3.8) is 0 Å². The zero-order chi connectivity index (χ0) is 14.3. The number of nitrogens with one attached hydrogen (secondary N) is 1. The fourth-order valence-corrected chi connectivity index (χ4v) is 4.17. The highest BCUT2D eigenvalue weighted by molar-refractivity contribution is 7.94. The summed E-state index contributed by atoms with van der Waals surface area (Å²) in [6.07, 6.45) is 1.18. The van der Waals surface area contributed by atoms with E-state index in [0.29, 0.717) is 11.5 Å². The summed E-state index contributed by atoms with van der Waals surface area (Å²) < 4.78 is 37.1. The maximum absolute atomic E-state index is 12.1. The Morgan fingerprint density at radius 3 is 2.60 bits per heavy atom. The average Bonchev–Trinajstić information content (AvgIpc) is 2.98. The molecule has 1 aliphatic heterocycles. The molecule has 0 spiro atoms. The van der Waals surface area contributed by atoms with Crippen LogP contribution < -0.4 is 14.2 Å². The maximum atomic E-state index is 12.1. The molecule has 1 aliphatic rings. The minimum atomic E-state index is -3.79. The predicted molar refractivity (Wildman–Crippen MR) is 75.5 cm³/mol. The normalized spacial score (nSPS) is 13.5. The molecule has 2 aromatic rings. The highest BCUT2D eigenvalue weighted by Crippen LogP contribution is 2.40. The van der Waals surface area contributed by atoms with Gasteiger partial charge >= 0.3 is 0 Å². The first kappa shape index (κ1) is 13.7. The number of sulfonamides is 1. The molecule has 1 aromatic heterocycles. The summed E-state index contributed by atoms with van der Waals surface area (Å²) in [5.74, 6) is 0.896. The van der Waals surface area contributed by atoms with E-state index in [-0.39, 0.29) is 26.2 Å². The van der Waals surface area contributed by atoms with Crippen LogP contribution in [0.4, 0.5) is 5.69 Å². The summed E-state index contributed by atoms with van der Waals surface area (Å²) in [5, 5.41) is 0.202. The van der Waals surface area contributed by atoms with Crippen molar-refractivity contribution >= 4 is 50.2 Å². The van der Waals surface area contributed by atoms with Gasteiger partial charge in [-0.15, -0.1) is 0 Å². The lowest BCUT2D eigenvalue weighted by atomic mass is 10.3. The molecule has 1 N–H and O–H groups in total. The third-order valence-corrected chi connectivity index (χ3v) is 5.68. The van der Waals surface area contributed by atoms with Crippen LogP contribution in [0.2, 0.25) is 9.49 Å². The molecule has 106 valence electrons. The SMILES string of the molecule is O=S(=O)(Nc1cc2c(cc1Cl)OCO2)c1cnc(Cl)s1. The van der Waals surface area contributed by atoms with Crippen LogP contribution in [0.15, 0.2) is 22.5 Å². The molecule has 1 aromatic carbocycles. The van der Waals surface area contributed by atoms with Gasteiger partial charge < -0.3 is 9.47 Å². The van der Waals surface area contributed by atoms with Crippen molar-refractivity contribution in [2.75, 3.05) is 11.5 Å². The number of thiazole rings is 1. The molecule has 6 nitrogen and oxygen atoms in total. The highest BCUT2D eigenvalue weighted by atomic mass is 35.5. The second-order valence-corrected chi connectivity index (χ2v) is 7.65. The van der Waals surface area contributed by atoms with Gasteiger partial charge in [0.2, 0.25) is 6.79 Å². The number of aromatic nitrogens is 1. The second-order valence-electron chi connectivity index (χ2n) is 3.72. The summed E-state index contributed by atoms with van der Waals surface area (Å²) in [6.45, 7) is 0.0757. The second kappa shape index (κ2) is 4.96. The van der Waals surface area contributed by atoms with Crippen LogP contribution in [0.3, 0.4) is 0 Å². The van der Waals surface area contributed by atoms with Crippen LogP contribution in [0, 0.1) is 0 Å². The van der Waals surface area contributed by atoms with Crippen LogP contribution in [0.25, 0.3) is 0 Å². The van der Waals surface area contributed by atoms with E-state index in [9.17, 15) is 8.42 Å². The molecule has 2 heterocycles. The first-order valence-electron chi connectivity index (χ1n) is 5.19. The fourth-order valence-electron chi connectivity index (χ4n) is 1.55. The van der Waals surface area contributed by atoms with Crippen molar-refractivity contribution in [3.05, 3.63) is 27.8 Å². The van der Waals surface area contributed by atoms with Gasteiger partial charge in [-0.1, -0.05) is 34.5 Å². The number of rotatable bonds is 3. The van der Waals surface area contributed by atoms with E-state index in [2.05, 4.69) is 9.71 Å². The molecule has 0 saturated heterocycles. The molecule has 0 aliphatic carbocycles. The number of hydrogen-bond acceptors (Lipinski definition) is 6. The number of fused-ring (bicyclic) bond motifs is 1. The Morgan fingerprint density at radius 2 is 1.95 bits per heavy atom. The van der Waals surface area contributed by atoms with Crippen LogP contribution >= 0.6 is 34.5 Å². The van der Waals surface area contributed by atoms with Gasteiger partial charge in [-0.25, -0.2) is 13.4 Å². The fraction of sp³-hybridized carbons (Fsp3) is 0.100. The van der Waals surface area contributed by atoms with Crippen LogP contribution in [0.1, 0.15) is 0 Å². The first-order chi connectivity index (χ1) is 9.45. The average molecular weight is 353 g/mol. The van der Waals surface area contributed by atoms with Gasteiger partial charge in [-0.2, -0.15) is 0 Å². The molecule has 0 bridgehead atoms. The van der Waals surface area contributed by atoms with Gasteiger partial charge in [0.1, 0.15) is 0 Å². The number of hydrogen-bond donors (Lipinski definition) is 1. The minimum absolute atomic E-state index is 0.00349. The zero-order valence-corrected chi connectivity index (χ0v) is 12.7. The molecule has 3 rings (SSSR count). The number of halogens is 2.